The lowest BCUT2D eigenvalue weighted by molar-refractivity contribution is -0.113. The average Bonchev–Trinajstić information content (AvgIpc) is 3.37. The number of primary amides is 1. The summed E-state index contributed by atoms with van der Waals surface area (Å²) in [6.45, 7) is 13.4. The van der Waals surface area contributed by atoms with Crippen molar-refractivity contribution in [2.24, 2.45) is 5.73 Å². The number of rotatable bonds is 12. The second kappa shape index (κ2) is 12.7. The van der Waals surface area contributed by atoms with Gasteiger partial charge in [-0.05, 0) is 51.8 Å². The summed E-state index contributed by atoms with van der Waals surface area (Å²) in [5.41, 5.74) is 8.11. The van der Waals surface area contributed by atoms with Crippen LogP contribution in [0.3, 0.4) is 0 Å². The number of aryl methyl sites for hydroxylation is 2. The molecular weight excluding hydrogens is 526 g/mol. The predicted octanol–water partition coefficient (Wildman–Crippen LogP) is 4.42. The minimum Gasteiger partial charge on any atom is -0.485 e. The fourth-order valence-corrected chi connectivity index (χ4v) is 5.43. The molecule has 0 spiro atoms. The van der Waals surface area contributed by atoms with Crippen LogP contribution in [0.25, 0.3) is 0 Å². The lowest BCUT2D eigenvalue weighted by atomic mass is 10.1. The number of benzene rings is 1. The zero-order valence-electron chi connectivity index (χ0n) is 22.0. The number of hydrogen-bond donors (Lipinski definition) is 2. The number of amides is 2. The topological polar surface area (TPSA) is 138 Å². The molecule has 1 aromatic carbocycles. The SMILES string of the molecule is C=CCn1c(COc2ccc(C)cc2C)nnc1SCC(=O)Nc1sc(C(N)=O)c(C)c1C(=O)OC(C)C. The maximum absolute atomic E-state index is 12.8. The number of hydrogen-bond acceptors (Lipinski definition) is 9. The molecule has 3 rings (SSSR count). The van der Waals surface area contributed by atoms with Gasteiger partial charge in [-0.15, -0.1) is 28.1 Å². The monoisotopic (exact) mass is 557 g/mol. The normalized spacial score (nSPS) is 10.9. The Morgan fingerprint density at radius 2 is 1.97 bits per heavy atom. The minimum atomic E-state index is -0.686. The first-order valence-corrected chi connectivity index (χ1v) is 13.6. The van der Waals surface area contributed by atoms with Gasteiger partial charge in [0.1, 0.15) is 17.4 Å². The van der Waals surface area contributed by atoms with E-state index in [9.17, 15) is 14.4 Å². The van der Waals surface area contributed by atoms with E-state index in [-0.39, 0.29) is 33.9 Å². The zero-order valence-corrected chi connectivity index (χ0v) is 23.6. The maximum Gasteiger partial charge on any atom is 0.341 e. The quantitative estimate of drug-likeness (QED) is 0.190. The van der Waals surface area contributed by atoms with E-state index in [0.717, 1.165) is 28.2 Å². The molecule has 12 heteroatoms. The van der Waals surface area contributed by atoms with E-state index in [1.165, 1.54) is 11.8 Å². The Morgan fingerprint density at radius 1 is 1.24 bits per heavy atom. The van der Waals surface area contributed by atoms with E-state index in [1.54, 1.807) is 26.8 Å². The van der Waals surface area contributed by atoms with Gasteiger partial charge in [-0.2, -0.15) is 0 Å². The number of nitrogens with one attached hydrogen (secondary N) is 1. The summed E-state index contributed by atoms with van der Waals surface area (Å²) in [7, 11) is 0. The van der Waals surface area contributed by atoms with Gasteiger partial charge in [0, 0.05) is 6.54 Å². The first-order valence-electron chi connectivity index (χ1n) is 11.8. The second-order valence-electron chi connectivity index (χ2n) is 8.77. The Bertz CT molecular complexity index is 1360. The third kappa shape index (κ3) is 7.01. The van der Waals surface area contributed by atoms with Gasteiger partial charge < -0.3 is 20.5 Å². The van der Waals surface area contributed by atoms with Crippen molar-refractivity contribution in [3.8, 4) is 5.75 Å². The van der Waals surface area contributed by atoms with Crippen molar-refractivity contribution in [1.82, 2.24) is 14.8 Å². The summed E-state index contributed by atoms with van der Waals surface area (Å²) in [5.74, 6) is -0.393. The molecule has 0 saturated carbocycles. The third-order valence-electron chi connectivity index (χ3n) is 5.30. The van der Waals surface area contributed by atoms with Crippen LogP contribution in [-0.4, -0.2) is 44.4 Å². The van der Waals surface area contributed by atoms with Crippen LogP contribution in [0.1, 0.15) is 56.4 Å². The van der Waals surface area contributed by atoms with Gasteiger partial charge in [0.2, 0.25) is 5.91 Å². The smallest absolute Gasteiger partial charge is 0.341 e. The summed E-state index contributed by atoms with van der Waals surface area (Å²) in [4.78, 5) is 37.5. The molecule has 202 valence electrons. The van der Waals surface area contributed by atoms with Crippen LogP contribution in [0.2, 0.25) is 0 Å². The van der Waals surface area contributed by atoms with Crippen molar-refractivity contribution in [3.63, 3.8) is 0 Å². The lowest BCUT2D eigenvalue weighted by Gasteiger charge is -2.11. The van der Waals surface area contributed by atoms with Crippen molar-refractivity contribution in [2.45, 2.75) is 59.0 Å². The largest absolute Gasteiger partial charge is 0.485 e. The first-order chi connectivity index (χ1) is 18.0. The number of thiophene rings is 1. The Labute approximate surface area is 229 Å². The minimum absolute atomic E-state index is 0.0191. The molecule has 2 amide bonds. The van der Waals surface area contributed by atoms with Crippen molar-refractivity contribution in [1.29, 1.82) is 0 Å². The summed E-state index contributed by atoms with van der Waals surface area (Å²) in [5, 5.41) is 11.9. The van der Waals surface area contributed by atoms with E-state index in [4.69, 9.17) is 15.2 Å². The van der Waals surface area contributed by atoms with Gasteiger partial charge in [-0.3, -0.25) is 14.2 Å². The number of allylic oxidation sites excluding steroid dienone is 1. The van der Waals surface area contributed by atoms with Crippen molar-refractivity contribution < 1.29 is 23.9 Å². The predicted molar refractivity (Wildman–Crippen MR) is 148 cm³/mol. The molecule has 0 aliphatic heterocycles. The number of nitrogens with two attached hydrogens (primary N) is 1. The van der Waals surface area contributed by atoms with E-state index in [2.05, 4.69) is 22.1 Å². The van der Waals surface area contributed by atoms with E-state index in [0.29, 0.717) is 23.1 Å². The van der Waals surface area contributed by atoms with Gasteiger partial charge in [0.25, 0.3) is 5.91 Å². The summed E-state index contributed by atoms with van der Waals surface area (Å²) in [6.07, 6.45) is 1.34. The van der Waals surface area contributed by atoms with Crippen LogP contribution in [-0.2, 0) is 22.7 Å². The van der Waals surface area contributed by atoms with Crippen molar-refractivity contribution in [3.05, 3.63) is 63.8 Å². The van der Waals surface area contributed by atoms with E-state index >= 15 is 0 Å². The molecule has 2 aromatic heterocycles. The van der Waals surface area contributed by atoms with Crippen LogP contribution in [0.15, 0.2) is 36.0 Å². The highest BCUT2D eigenvalue weighted by Crippen LogP contribution is 2.34. The molecule has 0 aliphatic carbocycles. The third-order valence-corrected chi connectivity index (χ3v) is 7.48. The molecule has 3 N–H and O–H groups in total. The van der Waals surface area contributed by atoms with Crippen LogP contribution < -0.4 is 15.8 Å². The Hall–Kier alpha value is -3.64. The molecule has 3 aromatic rings. The number of carbonyl (C=O) groups excluding carboxylic acids is 3. The zero-order chi connectivity index (χ0) is 28.0. The summed E-state index contributed by atoms with van der Waals surface area (Å²) in [6, 6.07) is 5.94. The number of anilines is 1. The van der Waals surface area contributed by atoms with Crippen molar-refractivity contribution >= 4 is 45.9 Å². The molecule has 0 bridgehead atoms. The lowest BCUT2D eigenvalue weighted by Crippen LogP contribution is -2.18. The van der Waals surface area contributed by atoms with Gasteiger partial charge >= 0.3 is 5.97 Å². The Kier molecular flexibility index (Phi) is 9.70. The average molecular weight is 558 g/mol. The molecule has 0 unspecified atom stereocenters. The van der Waals surface area contributed by atoms with Crippen LogP contribution in [0.4, 0.5) is 5.00 Å². The molecule has 38 heavy (non-hydrogen) atoms. The highest BCUT2D eigenvalue weighted by molar-refractivity contribution is 7.99. The maximum atomic E-state index is 12.8. The molecular formula is C26H31N5O5S2. The van der Waals surface area contributed by atoms with Gasteiger partial charge in [-0.25, -0.2) is 4.79 Å². The fourth-order valence-electron chi connectivity index (χ4n) is 3.60. The molecule has 0 atom stereocenters. The number of thioether (sulfide) groups is 1. The van der Waals surface area contributed by atoms with Crippen LogP contribution in [0, 0.1) is 20.8 Å². The van der Waals surface area contributed by atoms with Gasteiger partial charge in [0.05, 0.1) is 22.3 Å². The highest BCUT2D eigenvalue weighted by atomic mass is 32.2. The number of aromatic nitrogens is 3. The molecule has 0 radical (unpaired) electrons. The van der Waals surface area contributed by atoms with Crippen LogP contribution >= 0.6 is 23.1 Å². The second-order valence-corrected chi connectivity index (χ2v) is 10.7. The fraction of sp³-hybridized carbons (Fsp3) is 0.346. The van der Waals surface area contributed by atoms with Crippen LogP contribution in [0.5, 0.6) is 5.75 Å². The Balaban J connectivity index is 1.72. The number of carbonyl (C=O) groups is 3. The molecule has 0 aliphatic rings. The molecule has 0 fully saturated rings. The standard InChI is InChI=1S/C26H31N5O5S2/c1-7-10-31-19(12-35-18-9-8-15(4)11-16(18)5)29-30-26(31)37-13-20(32)28-24-21(25(34)36-14(2)3)17(6)22(38-24)23(27)33/h7-9,11,14H,1,10,12-13H2,2-6H3,(H2,27,33)(H,28,32). The van der Waals surface area contributed by atoms with E-state index in [1.807, 2.05) is 36.6 Å². The van der Waals surface area contributed by atoms with Gasteiger partial charge in [0.15, 0.2) is 11.0 Å². The molecule has 10 nitrogen and oxygen atoms in total. The molecule has 0 saturated heterocycles. The first kappa shape index (κ1) is 28.9. The number of nitrogens with zero attached hydrogens (tertiary/aromatic N) is 3. The van der Waals surface area contributed by atoms with E-state index < -0.39 is 17.8 Å². The van der Waals surface area contributed by atoms with Gasteiger partial charge in [-0.1, -0.05) is 35.5 Å². The summed E-state index contributed by atoms with van der Waals surface area (Å²) >= 11 is 2.12. The molecule has 2 heterocycles. The highest BCUT2D eigenvalue weighted by Gasteiger charge is 2.26. The van der Waals surface area contributed by atoms with Crippen molar-refractivity contribution in [2.75, 3.05) is 11.1 Å². The number of esters is 1. The summed E-state index contributed by atoms with van der Waals surface area (Å²) < 4.78 is 13.1. The Morgan fingerprint density at radius 3 is 2.61 bits per heavy atom. The number of ether oxygens (including phenoxy) is 2.